The van der Waals surface area contributed by atoms with Gasteiger partial charge < -0.3 is 9.64 Å². The van der Waals surface area contributed by atoms with Gasteiger partial charge in [-0.1, -0.05) is 12.1 Å². The van der Waals surface area contributed by atoms with Crippen molar-refractivity contribution in [2.45, 2.75) is 19.0 Å². The predicted molar refractivity (Wildman–Crippen MR) is 104 cm³/mol. The first kappa shape index (κ1) is 19.6. The number of halogens is 1. The van der Waals surface area contributed by atoms with E-state index in [1.807, 2.05) is 17.0 Å². The molecule has 1 aromatic heterocycles. The largest absolute Gasteiger partial charge is 0.497 e. The van der Waals surface area contributed by atoms with E-state index in [9.17, 15) is 4.79 Å². The highest BCUT2D eigenvalue weighted by atomic mass is 35.5. The van der Waals surface area contributed by atoms with Crippen molar-refractivity contribution in [3.8, 4) is 5.75 Å². The van der Waals surface area contributed by atoms with Crippen LogP contribution in [0.15, 0.2) is 36.9 Å². The van der Waals surface area contributed by atoms with Gasteiger partial charge in [-0.15, -0.1) is 12.4 Å². The summed E-state index contributed by atoms with van der Waals surface area (Å²) in [6.45, 7) is 3.32. The minimum atomic E-state index is 0. The van der Waals surface area contributed by atoms with Gasteiger partial charge in [-0.2, -0.15) is 5.10 Å². The maximum Gasteiger partial charge on any atom is 0.224 e. The van der Waals surface area contributed by atoms with Crippen LogP contribution in [0.25, 0.3) is 0 Å². The summed E-state index contributed by atoms with van der Waals surface area (Å²) in [6, 6.07) is 8.70. The molecule has 0 unspecified atom stereocenters. The topological polar surface area (TPSA) is 63.5 Å². The number of carbonyl (C=O) groups excluding carboxylic acids is 1. The minimum Gasteiger partial charge on any atom is -0.497 e. The lowest BCUT2D eigenvalue weighted by Gasteiger charge is -2.27. The van der Waals surface area contributed by atoms with E-state index < -0.39 is 0 Å². The lowest BCUT2D eigenvalue weighted by Crippen LogP contribution is -2.33. The molecule has 0 bridgehead atoms. The second kappa shape index (κ2) is 8.27. The van der Waals surface area contributed by atoms with Crippen molar-refractivity contribution in [2.75, 3.05) is 33.8 Å². The number of nitrogens with zero attached hydrogens (tertiary/aromatic N) is 5. The van der Waals surface area contributed by atoms with Crippen molar-refractivity contribution >= 4 is 18.3 Å². The second-order valence-corrected chi connectivity index (χ2v) is 7.29. The van der Waals surface area contributed by atoms with Crippen LogP contribution in [0.4, 0.5) is 0 Å². The molecule has 2 aliphatic heterocycles. The van der Waals surface area contributed by atoms with Gasteiger partial charge in [0.15, 0.2) is 0 Å². The van der Waals surface area contributed by atoms with Crippen molar-refractivity contribution in [2.24, 2.45) is 11.8 Å². The fourth-order valence-electron chi connectivity index (χ4n) is 4.48. The average Bonchev–Trinajstić information content (AvgIpc) is 3.36. The first-order valence-electron chi connectivity index (χ1n) is 9.10. The third-order valence-electron chi connectivity index (χ3n) is 5.73. The number of hydrogen-bond donors (Lipinski definition) is 0. The number of carbonyl (C=O) groups is 1. The second-order valence-electron chi connectivity index (χ2n) is 7.29. The Morgan fingerprint density at radius 2 is 2.00 bits per heavy atom. The van der Waals surface area contributed by atoms with Crippen LogP contribution in [-0.2, 0) is 11.3 Å². The summed E-state index contributed by atoms with van der Waals surface area (Å²) in [5.41, 5.74) is 1.30. The number of benzene rings is 1. The van der Waals surface area contributed by atoms with Crippen molar-refractivity contribution in [3.05, 3.63) is 42.5 Å². The summed E-state index contributed by atoms with van der Waals surface area (Å²) in [4.78, 5) is 21.0. The number of aromatic nitrogens is 3. The summed E-state index contributed by atoms with van der Waals surface area (Å²) in [7, 11) is 3.87. The van der Waals surface area contributed by atoms with Crippen LogP contribution in [0, 0.1) is 11.8 Å². The van der Waals surface area contributed by atoms with Gasteiger partial charge in [-0.25, -0.2) is 4.98 Å². The molecule has 3 heterocycles. The fourth-order valence-corrected chi connectivity index (χ4v) is 4.48. The van der Waals surface area contributed by atoms with E-state index in [1.165, 1.54) is 11.9 Å². The quantitative estimate of drug-likeness (QED) is 0.778. The van der Waals surface area contributed by atoms with Crippen LogP contribution in [0.1, 0.15) is 18.0 Å². The molecule has 0 radical (unpaired) electrons. The molecule has 27 heavy (non-hydrogen) atoms. The molecule has 7 nitrogen and oxygen atoms in total. The van der Waals surface area contributed by atoms with E-state index in [0.717, 1.165) is 25.4 Å². The van der Waals surface area contributed by atoms with E-state index >= 15 is 0 Å². The molecule has 1 aromatic carbocycles. The molecule has 0 aliphatic carbocycles. The van der Waals surface area contributed by atoms with Crippen LogP contribution in [0.2, 0.25) is 0 Å². The van der Waals surface area contributed by atoms with E-state index in [1.54, 1.807) is 18.1 Å². The standard InChI is InChI=1S/C19H25N5O2.ClH/c1-22-9-15-10-23(18(25)7-8-24-13-20-12-21-24)11-17(15)19(22)14-3-5-16(26-2)6-4-14;/h3-6,12-13,15,17,19H,7-11H2,1-2H3;1H/t15-,17+,19-;/m0./s1. The van der Waals surface area contributed by atoms with Gasteiger partial charge in [-0.3, -0.25) is 14.4 Å². The third-order valence-corrected chi connectivity index (χ3v) is 5.73. The molecule has 8 heteroatoms. The van der Waals surface area contributed by atoms with Crippen LogP contribution in [-0.4, -0.2) is 64.3 Å². The SMILES string of the molecule is COc1ccc([C@H]2[C@@H]3CN(C(=O)CCn4cncn4)C[C@@H]3CN2C)cc1.Cl. The Kier molecular flexibility index (Phi) is 6.01. The number of likely N-dealkylation sites (tertiary alicyclic amines) is 2. The number of rotatable bonds is 5. The highest BCUT2D eigenvalue weighted by molar-refractivity contribution is 5.85. The lowest BCUT2D eigenvalue weighted by atomic mass is 9.89. The average molecular weight is 392 g/mol. The fraction of sp³-hybridized carbons (Fsp3) is 0.526. The normalized spacial score (nSPS) is 24.5. The third kappa shape index (κ3) is 3.94. The van der Waals surface area contributed by atoms with Gasteiger partial charge in [0.05, 0.1) is 13.7 Å². The monoisotopic (exact) mass is 391 g/mol. The van der Waals surface area contributed by atoms with Crippen molar-refractivity contribution in [1.82, 2.24) is 24.6 Å². The minimum absolute atomic E-state index is 0. The smallest absolute Gasteiger partial charge is 0.224 e. The van der Waals surface area contributed by atoms with Crippen molar-refractivity contribution in [3.63, 3.8) is 0 Å². The Hall–Kier alpha value is -2.12. The number of methoxy groups -OCH3 is 1. The van der Waals surface area contributed by atoms with Crippen LogP contribution in [0.5, 0.6) is 5.75 Å². The summed E-state index contributed by atoms with van der Waals surface area (Å²) in [5.74, 6) is 2.12. The zero-order valence-corrected chi connectivity index (χ0v) is 16.5. The van der Waals surface area contributed by atoms with E-state index in [0.29, 0.717) is 30.8 Å². The molecule has 0 spiro atoms. The molecular formula is C19H26ClN5O2. The molecule has 0 saturated carbocycles. The van der Waals surface area contributed by atoms with Crippen LogP contribution < -0.4 is 4.74 Å². The molecule has 146 valence electrons. The first-order chi connectivity index (χ1) is 12.7. The van der Waals surface area contributed by atoms with Crippen molar-refractivity contribution < 1.29 is 9.53 Å². The predicted octanol–water partition coefficient (Wildman–Crippen LogP) is 1.86. The number of aryl methyl sites for hydroxylation is 1. The Balaban J connectivity index is 0.00000210. The molecule has 2 saturated heterocycles. The molecule has 4 rings (SSSR count). The maximum atomic E-state index is 12.6. The highest BCUT2D eigenvalue weighted by Gasteiger charge is 2.47. The first-order valence-corrected chi connectivity index (χ1v) is 9.10. The summed E-state index contributed by atoms with van der Waals surface area (Å²) >= 11 is 0. The Bertz CT molecular complexity index is 752. The van der Waals surface area contributed by atoms with Gasteiger partial charge in [0.2, 0.25) is 5.91 Å². The summed E-state index contributed by atoms with van der Waals surface area (Å²) in [5, 5.41) is 4.07. The number of amides is 1. The molecule has 2 aliphatic rings. The number of hydrogen-bond acceptors (Lipinski definition) is 5. The molecule has 1 amide bonds. The Labute approximate surface area is 165 Å². The zero-order chi connectivity index (χ0) is 18.1. The van der Waals surface area contributed by atoms with Gasteiger partial charge in [0.1, 0.15) is 18.4 Å². The molecule has 2 fully saturated rings. The number of ether oxygens (including phenoxy) is 1. The van der Waals surface area contributed by atoms with Crippen LogP contribution in [0.3, 0.4) is 0 Å². The Morgan fingerprint density at radius 1 is 1.22 bits per heavy atom. The zero-order valence-electron chi connectivity index (χ0n) is 15.7. The molecule has 3 atom stereocenters. The molecule has 2 aromatic rings. The van der Waals surface area contributed by atoms with Gasteiger partial charge in [-0.05, 0) is 30.7 Å². The van der Waals surface area contributed by atoms with Gasteiger partial charge >= 0.3 is 0 Å². The van der Waals surface area contributed by atoms with Gasteiger partial charge in [0.25, 0.3) is 0 Å². The van der Waals surface area contributed by atoms with E-state index in [2.05, 4.69) is 34.2 Å². The Morgan fingerprint density at radius 3 is 2.67 bits per heavy atom. The van der Waals surface area contributed by atoms with Crippen molar-refractivity contribution in [1.29, 1.82) is 0 Å². The lowest BCUT2D eigenvalue weighted by molar-refractivity contribution is -0.130. The van der Waals surface area contributed by atoms with E-state index in [-0.39, 0.29) is 18.3 Å². The number of fused-ring (bicyclic) bond motifs is 1. The maximum absolute atomic E-state index is 12.6. The van der Waals surface area contributed by atoms with Crippen LogP contribution >= 0.6 is 12.4 Å². The molecule has 0 N–H and O–H groups in total. The van der Waals surface area contributed by atoms with Gasteiger partial charge in [0, 0.05) is 38.0 Å². The molecular weight excluding hydrogens is 366 g/mol. The van der Waals surface area contributed by atoms with E-state index in [4.69, 9.17) is 4.74 Å². The highest BCUT2D eigenvalue weighted by Crippen LogP contribution is 2.44. The summed E-state index contributed by atoms with van der Waals surface area (Å²) < 4.78 is 6.98. The summed E-state index contributed by atoms with van der Waals surface area (Å²) in [6.07, 6.45) is 3.63.